The first-order valence-corrected chi connectivity index (χ1v) is 9.47. The number of methoxy groups -OCH3 is 1. The summed E-state index contributed by atoms with van der Waals surface area (Å²) in [6.07, 6.45) is 0.971. The van der Waals surface area contributed by atoms with Crippen LogP contribution in [0, 0.1) is 0 Å². The molecule has 0 spiro atoms. The smallest absolute Gasteiger partial charge is 0.240 e. The second-order valence-corrected chi connectivity index (χ2v) is 7.65. The van der Waals surface area contributed by atoms with Crippen molar-refractivity contribution in [2.45, 2.75) is 24.0 Å². The van der Waals surface area contributed by atoms with Crippen LogP contribution in [0.25, 0.3) is 0 Å². The van der Waals surface area contributed by atoms with Crippen molar-refractivity contribution in [2.75, 3.05) is 20.2 Å². The number of fused-ring (bicyclic) bond motifs is 1. The predicted molar refractivity (Wildman–Crippen MR) is 100 cm³/mol. The number of ether oxygens (including phenoxy) is 1. The molecular formula is C18H23ClN2O3S. The topological polar surface area (TPSA) is 67.4 Å². The first-order chi connectivity index (χ1) is 11.6. The van der Waals surface area contributed by atoms with Gasteiger partial charge in [0.2, 0.25) is 10.0 Å². The van der Waals surface area contributed by atoms with Gasteiger partial charge in [0.05, 0.1) is 11.5 Å². The monoisotopic (exact) mass is 382 g/mol. The van der Waals surface area contributed by atoms with Gasteiger partial charge in [-0.15, -0.1) is 12.4 Å². The first kappa shape index (κ1) is 19.9. The van der Waals surface area contributed by atoms with Crippen LogP contribution < -0.4 is 10.0 Å². The third-order valence-corrected chi connectivity index (χ3v) is 5.63. The second kappa shape index (κ2) is 8.78. The van der Waals surface area contributed by atoms with Crippen LogP contribution in [-0.2, 0) is 27.8 Å². The predicted octanol–water partition coefficient (Wildman–Crippen LogP) is 2.42. The molecule has 1 aliphatic rings. The third-order valence-electron chi connectivity index (χ3n) is 4.21. The highest BCUT2D eigenvalue weighted by Crippen LogP contribution is 2.22. The van der Waals surface area contributed by atoms with Crippen LogP contribution in [-0.4, -0.2) is 28.6 Å². The molecule has 0 saturated carbocycles. The van der Waals surface area contributed by atoms with E-state index in [-0.39, 0.29) is 23.3 Å². The average Bonchev–Trinajstić information content (AvgIpc) is 2.60. The normalized spacial score (nSPS) is 16.8. The molecule has 5 nitrogen and oxygen atoms in total. The summed E-state index contributed by atoms with van der Waals surface area (Å²) in [5.74, 6) is 0. The van der Waals surface area contributed by atoms with Gasteiger partial charge in [0, 0.05) is 19.7 Å². The molecule has 0 fully saturated rings. The van der Waals surface area contributed by atoms with Crippen LogP contribution in [0.1, 0.15) is 22.7 Å². The summed E-state index contributed by atoms with van der Waals surface area (Å²) in [4.78, 5) is 0.265. The van der Waals surface area contributed by atoms with Crippen molar-refractivity contribution in [2.24, 2.45) is 0 Å². The van der Waals surface area contributed by atoms with Crippen molar-refractivity contribution < 1.29 is 13.2 Å². The van der Waals surface area contributed by atoms with E-state index >= 15 is 0 Å². The standard InChI is InChI=1S/C18H22N2O3S.ClH/c1-23-13-14-5-4-7-16(11-14)24(21,22)20-12-18-17-8-3-2-6-15(17)9-10-19-18;/h2-8,11,18-20H,9-10,12-13H2,1H3;1H. The maximum absolute atomic E-state index is 12.6. The van der Waals surface area contributed by atoms with Crippen molar-refractivity contribution >= 4 is 22.4 Å². The Kier molecular flexibility index (Phi) is 6.98. The Morgan fingerprint density at radius 2 is 2.00 bits per heavy atom. The van der Waals surface area contributed by atoms with Gasteiger partial charge in [-0.2, -0.15) is 0 Å². The van der Waals surface area contributed by atoms with Crippen LogP contribution >= 0.6 is 12.4 Å². The fourth-order valence-corrected chi connectivity index (χ4v) is 4.14. The van der Waals surface area contributed by atoms with Gasteiger partial charge in [-0.1, -0.05) is 36.4 Å². The minimum atomic E-state index is -3.55. The van der Waals surface area contributed by atoms with Crippen molar-refractivity contribution in [3.8, 4) is 0 Å². The molecule has 136 valence electrons. The number of hydrogen-bond acceptors (Lipinski definition) is 4. The fourth-order valence-electron chi connectivity index (χ4n) is 3.02. The molecule has 25 heavy (non-hydrogen) atoms. The van der Waals surface area contributed by atoms with E-state index < -0.39 is 10.0 Å². The van der Waals surface area contributed by atoms with Gasteiger partial charge in [-0.25, -0.2) is 13.1 Å². The van der Waals surface area contributed by atoms with E-state index in [0.29, 0.717) is 13.2 Å². The highest BCUT2D eigenvalue weighted by molar-refractivity contribution is 7.89. The molecule has 1 aliphatic heterocycles. The van der Waals surface area contributed by atoms with Crippen molar-refractivity contribution in [3.63, 3.8) is 0 Å². The number of benzene rings is 2. The number of hydrogen-bond donors (Lipinski definition) is 2. The zero-order chi connectivity index (χ0) is 17.0. The summed E-state index contributed by atoms with van der Waals surface area (Å²) in [6, 6.07) is 15.0. The average molecular weight is 383 g/mol. The van der Waals surface area contributed by atoms with Gasteiger partial charge in [0.15, 0.2) is 0 Å². The maximum atomic E-state index is 12.6. The highest BCUT2D eigenvalue weighted by atomic mass is 35.5. The Morgan fingerprint density at radius 3 is 2.80 bits per heavy atom. The van der Waals surface area contributed by atoms with E-state index in [1.54, 1.807) is 25.3 Å². The summed E-state index contributed by atoms with van der Waals surface area (Å²) in [6.45, 7) is 1.57. The number of nitrogens with one attached hydrogen (secondary N) is 2. The summed E-state index contributed by atoms with van der Waals surface area (Å²) < 4.78 is 32.9. The van der Waals surface area contributed by atoms with Crippen molar-refractivity contribution in [1.82, 2.24) is 10.0 Å². The molecule has 3 rings (SSSR count). The van der Waals surface area contributed by atoms with Crippen LogP contribution in [0.15, 0.2) is 53.4 Å². The SMILES string of the molecule is COCc1cccc(S(=O)(=O)NCC2NCCc3ccccc32)c1.Cl. The maximum Gasteiger partial charge on any atom is 0.240 e. The molecular weight excluding hydrogens is 360 g/mol. The quantitative estimate of drug-likeness (QED) is 0.805. The number of rotatable bonds is 6. The second-order valence-electron chi connectivity index (χ2n) is 5.89. The molecule has 1 atom stereocenters. The molecule has 1 heterocycles. The third kappa shape index (κ3) is 4.80. The summed E-state index contributed by atoms with van der Waals surface area (Å²) in [7, 11) is -1.96. The van der Waals surface area contributed by atoms with Gasteiger partial charge in [0.1, 0.15) is 0 Å². The molecule has 0 saturated heterocycles. The zero-order valence-corrected chi connectivity index (χ0v) is 15.7. The number of halogens is 1. The highest BCUT2D eigenvalue weighted by Gasteiger charge is 2.22. The van der Waals surface area contributed by atoms with Gasteiger partial charge < -0.3 is 10.1 Å². The van der Waals surface area contributed by atoms with Gasteiger partial charge in [-0.3, -0.25) is 0 Å². The molecule has 0 bridgehead atoms. The van der Waals surface area contributed by atoms with Crippen LogP contribution in [0.3, 0.4) is 0 Å². The Labute approximate surface area is 155 Å². The summed E-state index contributed by atoms with van der Waals surface area (Å²) in [5, 5.41) is 3.38. The number of sulfonamides is 1. The Balaban J connectivity index is 0.00000225. The van der Waals surface area contributed by atoms with E-state index in [9.17, 15) is 8.42 Å². The van der Waals surface area contributed by atoms with E-state index in [0.717, 1.165) is 18.5 Å². The van der Waals surface area contributed by atoms with Gasteiger partial charge in [-0.05, 0) is 41.8 Å². The lowest BCUT2D eigenvalue weighted by atomic mass is 9.95. The minimum absolute atomic E-state index is 0. The lowest BCUT2D eigenvalue weighted by Gasteiger charge is -2.27. The molecule has 2 aromatic carbocycles. The van der Waals surface area contributed by atoms with E-state index in [1.807, 2.05) is 18.2 Å². The van der Waals surface area contributed by atoms with Gasteiger partial charge >= 0.3 is 0 Å². The Hall–Kier alpha value is -1.44. The molecule has 0 aliphatic carbocycles. The summed E-state index contributed by atoms with van der Waals surface area (Å²) in [5.41, 5.74) is 3.28. The molecule has 1 unspecified atom stereocenters. The largest absolute Gasteiger partial charge is 0.380 e. The zero-order valence-electron chi connectivity index (χ0n) is 14.1. The molecule has 0 amide bonds. The molecule has 0 aromatic heterocycles. The molecule has 0 radical (unpaired) electrons. The lowest BCUT2D eigenvalue weighted by Crippen LogP contribution is -2.38. The van der Waals surface area contributed by atoms with Crippen LogP contribution in [0.4, 0.5) is 0 Å². The van der Waals surface area contributed by atoms with Crippen molar-refractivity contribution in [3.05, 3.63) is 65.2 Å². The molecule has 2 N–H and O–H groups in total. The van der Waals surface area contributed by atoms with Gasteiger partial charge in [0.25, 0.3) is 0 Å². The Morgan fingerprint density at radius 1 is 1.20 bits per heavy atom. The van der Waals surface area contributed by atoms with Crippen molar-refractivity contribution in [1.29, 1.82) is 0 Å². The minimum Gasteiger partial charge on any atom is -0.380 e. The Bertz CT molecular complexity index is 811. The lowest BCUT2D eigenvalue weighted by molar-refractivity contribution is 0.184. The van der Waals surface area contributed by atoms with E-state index in [2.05, 4.69) is 22.2 Å². The van der Waals surface area contributed by atoms with E-state index in [1.165, 1.54) is 11.1 Å². The first-order valence-electron chi connectivity index (χ1n) is 7.99. The van der Waals surface area contributed by atoms with E-state index in [4.69, 9.17) is 4.74 Å². The molecule has 2 aromatic rings. The summed E-state index contributed by atoms with van der Waals surface area (Å²) >= 11 is 0. The van der Waals surface area contributed by atoms with Crippen LogP contribution in [0.2, 0.25) is 0 Å². The fraction of sp³-hybridized carbons (Fsp3) is 0.333. The van der Waals surface area contributed by atoms with Crippen LogP contribution in [0.5, 0.6) is 0 Å². The molecule has 7 heteroatoms.